The van der Waals surface area contributed by atoms with Crippen LogP contribution in [-0.2, 0) is 6.54 Å². The number of thiophene rings is 1. The highest BCUT2D eigenvalue weighted by atomic mass is 35.5. The summed E-state index contributed by atoms with van der Waals surface area (Å²) in [6.07, 6.45) is 1.76. The van der Waals surface area contributed by atoms with E-state index in [1.165, 1.54) is 11.3 Å². The second kappa shape index (κ2) is 5.32. The lowest BCUT2D eigenvalue weighted by Crippen LogP contribution is -1.99. The highest BCUT2D eigenvalue weighted by Crippen LogP contribution is 2.35. The zero-order chi connectivity index (χ0) is 16.0. The van der Waals surface area contributed by atoms with Crippen LogP contribution in [0.2, 0.25) is 4.34 Å². The number of hydrogen-bond acceptors (Lipinski definition) is 7. The summed E-state index contributed by atoms with van der Waals surface area (Å²) >= 11 is 7.51. The summed E-state index contributed by atoms with van der Waals surface area (Å²) in [7, 11) is 0. The second-order valence-corrected chi connectivity index (χ2v) is 6.52. The lowest BCUT2D eigenvalue weighted by Gasteiger charge is -2.03. The number of aromatic nitrogens is 5. The van der Waals surface area contributed by atoms with E-state index in [0.717, 1.165) is 21.6 Å². The molecule has 0 radical (unpaired) electrons. The van der Waals surface area contributed by atoms with E-state index in [2.05, 4.69) is 15.3 Å². The van der Waals surface area contributed by atoms with Crippen molar-refractivity contribution < 1.29 is 4.63 Å². The van der Waals surface area contributed by atoms with Gasteiger partial charge in [0.15, 0.2) is 17.3 Å². The minimum Gasteiger partial charge on any atom is -0.379 e. The van der Waals surface area contributed by atoms with E-state index in [1.807, 2.05) is 29.7 Å². The van der Waals surface area contributed by atoms with Gasteiger partial charge in [-0.25, -0.2) is 9.61 Å². The Kier molecular flexibility index (Phi) is 3.28. The van der Waals surface area contributed by atoms with E-state index in [0.29, 0.717) is 22.4 Å². The molecule has 4 aromatic rings. The van der Waals surface area contributed by atoms with Gasteiger partial charge in [-0.15, -0.1) is 11.3 Å². The van der Waals surface area contributed by atoms with Crippen LogP contribution in [-0.4, -0.2) is 24.8 Å². The highest BCUT2D eigenvalue weighted by Gasteiger charge is 2.21. The first-order chi connectivity index (χ1) is 11.2. The van der Waals surface area contributed by atoms with Crippen molar-refractivity contribution in [3.05, 3.63) is 28.7 Å². The topological polar surface area (TPSA) is 95.7 Å². The molecule has 0 amide bonds. The minimum atomic E-state index is 0.212. The number of imidazole rings is 1. The van der Waals surface area contributed by atoms with Gasteiger partial charge < -0.3 is 10.3 Å². The first kappa shape index (κ1) is 14.2. The highest BCUT2D eigenvalue weighted by molar-refractivity contribution is 7.19. The number of anilines is 1. The Hall–Kier alpha value is -2.45. The van der Waals surface area contributed by atoms with E-state index in [9.17, 15) is 0 Å². The number of pyridine rings is 1. The number of nitrogens with two attached hydrogens (primary N) is 1. The van der Waals surface area contributed by atoms with Crippen LogP contribution in [0, 0.1) is 0 Å². The van der Waals surface area contributed by atoms with Gasteiger partial charge in [0, 0.05) is 12.7 Å². The largest absolute Gasteiger partial charge is 0.379 e. The summed E-state index contributed by atoms with van der Waals surface area (Å²) < 4.78 is 7.42. The molecular weight excluding hydrogens is 336 g/mol. The van der Waals surface area contributed by atoms with Gasteiger partial charge in [0.05, 0.1) is 14.7 Å². The van der Waals surface area contributed by atoms with Gasteiger partial charge in [-0.1, -0.05) is 11.6 Å². The molecule has 0 spiro atoms. The average molecular weight is 347 g/mol. The van der Waals surface area contributed by atoms with E-state index < -0.39 is 0 Å². The Balaban J connectivity index is 2.02. The van der Waals surface area contributed by atoms with Crippen molar-refractivity contribution in [2.24, 2.45) is 0 Å². The fraction of sp³-hybridized carbons (Fsp3) is 0.143. The molecule has 0 bridgehead atoms. The third-order valence-electron chi connectivity index (χ3n) is 3.52. The van der Waals surface area contributed by atoms with Crippen molar-refractivity contribution in [2.45, 2.75) is 13.5 Å². The molecule has 0 fully saturated rings. The maximum absolute atomic E-state index is 6.05. The smallest absolute Gasteiger partial charge is 0.199 e. The Morgan fingerprint density at radius 2 is 2.13 bits per heavy atom. The Bertz CT molecular complexity index is 1000. The molecule has 0 unspecified atom stereocenters. The molecule has 0 atom stereocenters. The van der Waals surface area contributed by atoms with Crippen LogP contribution in [0.4, 0.5) is 5.82 Å². The van der Waals surface area contributed by atoms with Gasteiger partial charge in [-0.3, -0.25) is 4.98 Å². The Morgan fingerprint density at radius 1 is 1.26 bits per heavy atom. The van der Waals surface area contributed by atoms with Crippen molar-refractivity contribution in [2.75, 3.05) is 5.73 Å². The van der Waals surface area contributed by atoms with Gasteiger partial charge in [0.2, 0.25) is 0 Å². The summed E-state index contributed by atoms with van der Waals surface area (Å²) in [5, 5.41) is 7.49. The molecule has 0 aliphatic rings. The molecule has 0 aromatic carbocycles. The quantitative estimate of drug-likeness (QED) is 0.610. The molecule has 0 aliphatic heterocycles. The Morgan fingerprint density at radius 3 is 2.78 bits per heavy atom. The molecule has 116 valence electrons. The van der Waals surface area contributed by atoms with Gasteiger partial charge in [0.25, 0.3) is 0 Å². The molecule has 0 aliphatic carbocycles. The van der Waals surface area contributed by atoms with Crippen LogP contribution < -0.4 is 5.73 Å². The summed E-state index contributed by atoms with van der Waals surface area (Å²) in [6.45, 7) is 2.73. The van der Waals surface area contributed by atoms with Gasteiger partial charge >= 0.3 is 0 Å². The van der Waals surface area contributed by atoms with Crippen LogP contribution >= 0.6 is 22.9 Å². The Labute approximate surface area is 139 Å². The number of rotatable bonds is 3. The maximum atomic E-state index is 6.05. The van der Waals surface area contributed by atoms with Crippen LogP contribution in [0.5, 0.6) is 0 Å². The summed E-state index contributed by atoms with van der Waals surface area (Å²) in [5.41, 5.74) is 8.74. The third kappa shape index (κ3) is 2.18. The molecule has 4 heterocycles. The molecule has 4 aromatic heterocycles. The zero-order valence-corrected chi connectivity index (χ0v) is 13.6. The third-order valence-corrected chi connectivity index (χ3v) is 4.75. The number of nitrogens with zero attached hydrogens (tertiary/aromatic N) is 5. The molecule has 0 saturated heterocycles. The standard InChI is InChI=1S/C14H11ClN6OS/c1-2-21-7-5-6-17-11(8-3-4-9(15)23-8)10(7)18-14(21)12-13(16)20-22-19-12/h3-6H,2H2,1H3,(H2,16,20). The molecular formula is C14H11ClN6OS. The first-order valence-electron chi connectivity index (χ1n) is 6.88. The zero-order valence-electron chi connectivity index (χ0n) is 12.0. The van der Waals surface area contributed by atoms with Crippen molar-refractivity contribution in [1.82, 2.24) is 24.8 Å². The molecule has 7 nitrogen and oxygen atoms in total. The van der Waals surface area contributed by atoms with Crippen molar-refractivity contribution in [1.29, 1.82) is 0 Å². The molecule has 9 heteroatoms. The van der Waals surface area contributed by atoms with Crippen LogP contribution in [0.15, 0.2) is 29.0 Å². The SMILES string of the molecule is CCn1c(-c2nonc2N)nc2c(-c3ccc(Cl)s3)nccc21. The van der Waals surface area contributed by atoms with E-state index >= 15 is 0 Å². The monoisotopic (exact) mass is 346 g/mol. The van der Waals surface area contributed by atoms with Gasteiger partial charge in [-0.2, -0.15) is 0 Å². The predicted molar refractivity (Wildman–Crippen MR) is 89.2 cm³/mol. The number of halogens is 1. The fourth-order valence-electron chi connectivity index (χ4n) is 2.53. The van der Waals surface area contributed by atoms with Gasteiger partial charge in [0.1, 0.15) is 11.2 Å². The number of nitrogen functional groups attached to an aromatic ring is 1. The second-order valence-electron chi connectivity index (χ2n) is 4.81. The fourth-order valence-corrected chi connectivity index (χ4v) is 3.57. The summed E-state index contributed by atoms with van der Waals surface area (Å²) in [5.74, 6) is 0.821. The van der Waals surface area contributed by atoms with E-state index in [4.69, 9.17) is 26.9 Å². The number of aryl methyl sites for hydroxylation is 1. The molecule has 2 N–H and O–H groups in total. The maximum Gasteiger partial charge on any atom is 0.199 e. The molecule has 0 saturated carbocycles. The molecule has 4 rings (SSSR count). The first-order valence-corrected chi connectivity index (χ1v) is 8.07. The van der Waals surface area contributed by atoms with Crippen molar-refractivity contribution >= 4 is 39.8 Å². The number of hydrogen-bond donors (Lipinski definition) is 1. The minimum absolute atomic E-state index is 0.212. The lowest BCUT2D eigenvalue weighted by atomic mass is 10.2. The van der Waals surface area contributed by atoms with Crippen molar-refractivity contribution in [3.8, 4) is 22.1 Å². The lowest BCUT2D eigenvalue weighted by molar-refractivity contribution is 0.310. The summed E-state index contributed by atoms with van der Waals surface area (Å²) in [4.78, 5) is 10.1. The average Bonchev–Trinajstić information content (AvgIpc) is 3.24. The van der Waals surface area contributed by atoms with E-state index in [1.54, 1.807) is 6.20 Å². The van der Waals surface area contributed by atoms with Crippen LogP contribution in [0.3, 0.4) is 0 Å². The van der Waals surface area contributed by atoms with Crippen molar-refractivity contribution in [3.63, 3.8) is 0 Å². The van der Waals surface area contributed by atoms with Crippen LogP contribution in [0.25, 0.3) is 33.1 Å². The predicted octanol–water partition coefficient (Wildman–Crippen LogP) is 3.47. The summed E-state index contributed by atoms with van der Waals surface area (Å²) in [6, 6.07) is 5.70. The normalized spacial score (nSPS) is 11.4. The molecule has 23 heavy (non-hydrogen) atoms. The number of fused-ring (bicyclic) bond motifs is 1. The van der Waals surface area contributed by atoms with Crippen LogP contribution in [0.1, 0.15) is 6.92 Å². The van der Waals surface area contributed by atoms with Gasteiger partial charge in [-0.05, 0) is 35.4 Å². The van der Waals surface area contributed by atoms with E-state index in [-0.39, 0.29) is 5.82 Å².